The van der Waals surface area contributed by atoms with Crippen molar-refractivity contribution in [3.8, 4) is 0 Å². The van der Waals surface area contributed by atoms with Crippen LogP contribution in [0.3, 0.4) is 0 Å². The zero-order valence-corrected chi connectivity index (χ0v) is 13.8. The molecule has 1 saturated carbocycles. The summed E-state index contributed by atoms with van der Waals surface area (Å²) in [4.78, 5) is 0.317. The smallest absolute Gasteiger partial charge is 0.240 e. The third-order valence-electron chi connectivity index (χ3n) is 4.90. The van der Waals surface area contributed by atoms with E-state index in [1.807, 2.05) is 13.0 Å². The van der Waals surface area contributed by atoms with Gasteiger partial charge in [-0.3, -0.25) is 0 Å². The van der Waals surface area contributed by atoms with Crippen molar-refractivity contribution >= 4 is 10.0 Å². The van der Waals surface area contributed by atoms with E-state index in [9.17, 15) is 8.42 Å². The summed E-state index contributed by atoms with van der Waals surface area (Å²) in [5, 5.41) is 0. The Kier molecular flexibility index (Phi) is 5.07. The molecular formula is C16H26N2O2S. The molecule has 0 aromatic heterocycles. The van der Waals surface area contributed by atoms with Crippen molar-refractivity contribution in [2.75, 3.05) is 6.54 Å². The van der Waals surface area contributed by atoms with E-state index >= 15 is 0 Å². The fraction of sp³-hybridized carbons (Fsp3) is 0.625. The molecule has 0 heterocycles. The Morgan fingerprint density at radius 1 is 1.29 bits per heavy atom. The fourth-order valence-corrected chi connectivity index (χ4v) is 4.35. The summed E-state index contributed by atoms with van der Waals surface area (Å²) in [5.41, 5.74) is 7.71. The minimum absolute atomic E-state index is 0.147. The molecule has 0 atom stereocenters. The Hall–Kier alpha value is -0.910. The molecule has 0 bridgehead atoms. The van der Waals surface area contributed by atoms with Crippen LogP contribution in [0.4, 0.5) is 0 Å². The monoisotopic (exact) mass is 310 g/mol. The van der Waals surface area contributed by atoms with Gasteiger partial charge >= 0.3 is 0 Å². The van der Waals surface area contributed by atoms with E-state index < -0.39 is 10.0 Å². The van der Waals surface area contributed by atoms with E-state index in [1.54, 1.807) is 12.1 Å². The lowest BCUT2D eigenvalue weighted by Crippen LogP contribution is -2.35. The van der Waals surface area contributed by atoms with E-state index in [4.69, 9.17) is 5.73 Å². The molecule has 0 saturated heterocycles. The second kappa shape index (κ2) is 6.46. The van der Waals surface area contributed by atoms with Gasteiger partial charge in [-0.1, -0.05) is 25.8 Å². The van der Waals surface area contributed by atoms with Crippen molar-refractivity contribution in [1.82, 2.24) is 4.72 Å². The molecule has 118 valence electrons. The van der Waals surface area contributed by atoms with Crippen LogP contribution < -0.4 is 10.5 Å². The van der Waals surface area contributed by atoms with Gasteiger partial charge in [0.2, 0.25) is 10.0 Å². The highest BCUT2D eigenvalue weighted by Crippen LogP contribution is 2.40. The summed E-state index contributed by atoms with van der Waals surface area (Å²) < 4.78 is 27.8. The van der Waals surface area contributed by atoms with Crippen LogP contribution in [0, 0.1) is 12.3 Å². The summed E-state index contributed by atoms with van der Waals surface area (Å²) in [7, 11) is -3.45. The maximum absolute atomic E-state index is 12.5. The summed E-state index contributed by atoms with van der Waals surface area (Å²) in [6, 6.07) is 5.16. The normalized spacial score (nSPS) is 18.0. The Labute approximate surface area is 128 Å². The molecule has 0 aliphatic heterocycles. The highest BCUT2D eigenvalue weighted by atomic mass is 32.2. The van der Waals surface area contributed by atoms with Crippen molar-refractivity contribution in [3.63, 3.8) is 0 Å². The lowest BCUT2D eigenvalue weighted by molar-refractivity contribution is 0.285. The molecule has 0 unspecified atom stereocenters. The number of hydrogen-bond acceptors (Lipinski definition) is 3. The second-order valence-electron chi connectivity index (χ2n) is 6.18. The van der Waals surface area contributed by atoms with Crippen molar-refractivity contribution in [3.05, 3.63) is 29.3 Å². The third kappa shape index (κ3) is 3.65. The van der Waals surface area contributed by atoms with Crippen molar-refractivity contribution in [1.29, 1.82) is 0 Å². The predicted octanol–water partition coefficient (Wildman–Crippen LogP) is 2.70. The molecule has 5 heteroatoms. The SMILES string of the molecule is CCC1(CNS(=O)(=O)c2ccc(C)c(CN)c2)CCCC1. The van der Waals surface area contributed by atoms with Crippen LogP contribution in [0.1, 0.15) is 50.2 Å². The number of nitrogens with two attached hydrogens (primary N) is 1. The van der Waals surface area contributed by atoms with Gasteiger partial charge in [-0.25, -0.2) is 13.1 Å². The molecule has 1 aliphatic rings. The fourth-order valence-electron chi connectivity index (χ4n) is 3.15. The van der Waals surface area contributed by atoms with E-state index in [1.165, 1.54) is 12.8 Å². The third-order valence-corrected chi connectivity index (χ3v) is 6.30. The maximum atomic E-state index is 12.5. The molecule has 1 fully saturated rings. The van der Waals surface area contributed by atoms with Crippen molar-refractivity contribution < 1.29 is 8.42 Å². The molecule has 1 aliphatic carbocycles. The number of benzene rings is 1. The molecule has 4 nitrogen and oxygen atoms in total. The summed E-state index contributed by atoms with van der Waals surface area (Å²) in [6.45, 7) is 4.99. The van der Waals surface area contributed by atoms with Crippen LogP contribution in [0.5, 0.6) is 0 Å². The summed E-state index contributed by atoms with van der Waals surface area (Å²) >= 11 is 0. The highest BCUT2D eigenvalue weighted by molar-refractivity contribution is 7.89. The molecule has 21 heavy (non-hydrogen) atoms. The molecule has 3 N–H and O–H groups in total. The number of aryl methyl sites for hydroxylation is 1. The number of rotatable bonds is 6. The Morgan fingerprint density at radius 2 is 1.95 bits per heavy atom. The maximum Gasteiger partial charge on any atom is 0.240 e. The van der Waals surface area contributed by atoms with Crippen molar-refractivity contribution in [2.24, 2.45) is 11.1 Å². The molecule has 1 aromatic carbocycles. The minimum atomic E-state index is -3.45. The van der Waals surface area contributed by atoms with Crippen molar-refractivity contribution in [2.45, 2.75) is 57.4 Å². The quantitative estimate of drug-likeness (QED) is 0.848. The van der Waals surface area contributed by atoms with Crippen LogP contribution in [0.2, 0.25) is 0 Å². The lowest BCUT2D eigenvalue weighted by atomic mass is 9.84. The number of sulfonamides is 1. The van der Waals surface area contributed by atoms with Crippen LogP contribution in [0.25, 0.3) is 0 Å². The minimum Gasteiger partial charge on any atom is -0.326 e. The molecule has 0 amide bonds. The molecule has 0 spiro atoms. The van der Waals surface area contributed by atoms with E-state index in [-0.39, 0.29) is 5.41 Å². The van der Waals surface area contributed by atoms with E-state index in [0.29, 0.717) is 18.0 Å². The average molecular weight is 310 g/mol. The lowest BCUT2D eigenvalue weighted by Gasteiger charge is -2.27. The zero-order valence-electron chi connectivity index (χ0n) is 13.0. The van der Waals surface area contributed by atoms with Gasteiger partial charge in [0, 0.05) is 13.1 Å². The van der Waals surface area contributed by atoms with Gasteiger partial charge in [0.1, 0.15) is 0 Å². The van der Waals surface area contributed by atoms with E-state index in [2.05, 4.69) is 11.6 Å². The number of hydrogen-bond donors (Lipinski definition) is 2. The number of nitrogens with one attached hydrogen (secondary N) is 1. The Balaban J connectivity index is 2.15. The first-order chi connectivity index (χ1) is 9.92. The highest BCUT2D eigenvalue weighted by Gasteiger charge is 2.33. The molecule has 0 radical (unpaired) electrons. The van der Waals surface area contributed by atoms with Crippen LogP contribution in [-0.2, 0) is 16.6 Å². The standard InChI is InChI=1S/C16H26N2O2S/c1-3-16(8-4-5-9-16)12-18-21(19,20)15-7-6-13(2)14(10-15)11-17/h6-7,10,18H,3-5,8-9,11-12,17H2,1-2H3. The first-order valence-corrected chi connectivity index (χ1v) is 9.20. The van der Waals surface area contributed by atoms with Crippen LogP contribution in [0.15, 0.2) is 23.1 Å². The molecular weight excluding hydrogens is 284 g/mol. The van der Waals surface area contributed by atoms with Crippen LogP contribution in [-0.4, -0.2) is 15.0 Å². The summed E-state index contributed by atoms with van der Waals surface area (Å²) in [5.74, 6) is 0. The Bertz CT molecular complexity index is 590. The van der Waals surface area contributed by atoms with Gasteiger partial charge in [-0.05, 0) is 54.9 Å². The largest absolute Gasteiger partial charge is 0.326 e. The van der Waals surface area contributed by atoms with Gasteiger partial charge in [0.05, 0.1) is 4.90 Å². The van der Waals surface area contributed by atoms with Gasteiger partial charge in [0.25, 0.3) is 0 Å². The van der Waals surface area contributed by atoms with Gasteiger partial charge in [-0.2, -0.15) is 0 Å². The molecule has 2 rings (SSSR count). The zero-order chi connectivity index (χ0) is 15.5. The molecule has 1 aromatic rings. The van der Waals surface area contributed by atoms with E-state index in [0.717, 1.165) is 30.4 Å². The second-order valence-corrected chi connectivity index (χ2v) is 7.94. The summed E-state index contributed by atoms with van der Waals surface area (Å²) in [6.07, 6.45) is 5.67. The van der Waals surface area contributed by atoms with Gasteiger partial charge in [-0.15, -0.1) is 0 Å². The topological polar surface area (TPSA) is 72.2 Å². The Morgan fingerprint density at radius 3 is 2.52 bits per heavy atom. The first kappa shape index (κ1) is 16.5. The van der Waals surface area contributed by atoms with Gasteiger partial charge in [0.15, 0.2) is 0 Å². The first-order valence-electron chi connectivity index (χ1n) is 7.72. The van der Waals surface area contributed by atoms with Gasteiger partial charge < -0.3 is 5.73 Å². The average Bonchev–Trinajstić information content (AvgIpc) is 2.95. The predicted molar refractivity (Wildman–Crippen MR) is 85.5 cm³/mol. The van der Waals surface area contributed by atoms with Crippen LogP contribution >= 0.6 is 0 Å².